The number of aryl methyl sites for hydroxylation is 1. The highest BCUT2D eigenvalue weighted by atomic mass is 16.5. The molecule has 0 aromatic heterocycles. The molecule has 0 fully saturated rings. The molecule has 1 aliphatic rings. The van der Waals surface area contributed by atoms with Gasteiger partial charge in [0.25, 0.3) is 11.8 Å². The minimum atomic E-state index is -0.403. The lowest BCUT2D eigenvalue weighted by Gasteiger charge is -2.17. The SMILES string of the molecule is CCCOc1cccc(NC2=C(c3ccc(OC)cc3)C(=O)N(c3ccccc3C)C2=O)c1. The molecule has 3 aromatic rings. The molecule has 1 aliphatic heterocycles. The van der Waals surface area contributed by atoms with E-state index in [0.29, 0.717) is 40.6 Å². The molecule has 168 valence electrons. The van der Waals surface area contributed by atoms with Gasteiger partial charge in [0.1, 0.15) is 17.2 Å². The van der Waals surface area contributed by atoms with Crippen LogP contribution in [-0.4, -0.2) is 25.5 Å². The molecule has 6 nitrogen and oxygen atoms in total. The van der Waals surface area contributed by atoms with Crippen molar-refractivity contribution in [1.29, 1.82) is 0 Å². The maximum Gasteiger partial charge on any atom is 0.282 e. The highest BCUT2D eigenvalue weighted by Crippen LogP contribution is 2.35. The van der Waals surface area contributed by atoms with Crippen molar-refractivity contribution in [2.45, 2.75) is 20.3 Å². The van der Waals surface area contributed by atoms with E-state index < -0.39 is 5.91 Å². The van der Waals surface area contributed by atoms with Gasteiger partial charge in [0.15, 0.2) is 0 Å². The van der Waals surface area contributed by atoms with Gasteiger partial charge in [0.05, 0.1) is 25.0 Å². The van der Waals surface area contributed by atoms with Crippen LogP contribution in [0.25, 0.3) is 5.57 Å². The first-order valence-corrected chi connectivity index (χ1v) is 10.9. The Morgan fingerprint density at radius 3 is 2.33 bits per heavy atom. The molecule has 0 aliphatic carbocycles. The summed E-state index contributed by atoms with van der Waals surface area (Å²) in [5, 5.41) is 3.19. The van der Waals surface area contributed by atoms with E-state index in [9.17, 15) is 9.59 Å². The summed E-state index contributed by atoms with van der Waals surface area (Å²) < 4.78 is 11.0. The number of methoxy groups -OCH3 is 1. The highest BCUT2D eigenvalue weighted by Gasteiger charge is 2.40. The molecule has 0 atom stereocenters. The number of rotatable bonds is 8. The van der Waals surface area contributed by atoms with Crippen LogP contribution in [0.1, 0.15) is 24.5 Å². The first kappa shape index (κ1) is 22.1. The molecule has 0 radical (unpaired) electrons. The molecule has 33 heavy (non-hydrogen) atoms. The van der Waals surface area contributed by atoms with Gasteiger partial charge in [0, 0.05) is 11.8 Å². The van der Waals surface area contributed by atoms with E-state index >= 15 is 0 Å². The zero-order valence-corrected chi connectivity index (χ0v) is 18.9. The van der Waals surface area contributed by atoms with Crippen molar-refractivity contribution < 1.29 is 19.1 Å². The topological polar surface area (TPSA) is 67.9 Å². The summed E-state index contributed by atoms with van der Waals surface area (Å²) in [4.78, 5) is 28.4. The normalized spacial score (nSPS) is 13.5. The first-order chi connectivity index (χ1) is 16.0. The van der Waals surface area contributed by atoms with E-state index in [-0.39, 0.29) is 11.6 Å². The van der Waals surface area contributed by atoms with Crippen LogP contribution in [0.2, 0.25) is 0 Å². The lowest BCUT2D eigenvalue weighted by molar-refractivity contribution is -0.120. The Hall–Kier alpha value is -4.06. The minimum Gasteiger partial charge on any atom is -0.497 e. The summed E-state index contributed by atoms with van der Waals surface area (Å²) in [5.74, 6) is 0.587. The van der Waals surface area contributed by atoms with Gasteiger partial charge >= 0.3 is 0 Å². The molecule has 0 spiro atoms. The number of carbonyl (C=O) groups is 2. The molecule has 4 rings (SSSR count). The number of nitrogens with zero attached hydrogens (tertiary/aromatic N) is 1. The molecule has 0 unspecified atom stereocenters. The van der Waals surface area contributed by atoms with Gasteiger partial charge in [-0.25, -0.2) is 4.90 Å². The van der Waals surface area contributed by atoms with E-state index in [1.807, 2.05) is 56.3 Å². The maximum atomic E-state index is 13.6. The molecule has 1 N–H and O–H groups in total. The second-order valence-corrected chi connectivity index (χ2v) is 7.71. The second-order valence-electron chi connectivity index (χ2n) is 7.71. The average Bonchev–Trinajstić information content (AvgIpc) is 3.07. The fourth-order valence-corrected chi connectivity index (χ4v) is 3.73. The average molecular weight is 443 g/mol. The van der Waals surface area contributed by atoms with Crippen molar-refractivity contribution in [3.63, 3.8) is 0 Å². The quantitative estimate of drug-likeness (QED) is 0.487. The third-order valence-electron chi connectivity index (χ3n) is 5.40. The number of nitrogens with one attached hydrogen (secondary N) is 1. The number of anilines is 2. The molecule has 2 amide bonds. The summed E-state index contributed by atoms with van der Waals surface area (Å²) in [7, 11) is 1.58. The van der Waals surface area contributed by atoms with Crippen molar-refractivity contribution in [3.8, 4) is 11.5 Å². The monoisotopic (exact) mass is 442 g/mol. The van der Waals surface area contributed by atoms with E-state index in [0.717, 1.165) is 12.0 Å². The molecule has 0 saturated heterocycles. The summed E-state index contributed by atoms with van der Waals surface area (Å²) >= 11 is 0. The molecule has 1 heterocycles. The van der Waals surface area contributed by atoms with E-state index in [2.05, 4.69) is 5.32 Å². The number of carbonyl (C=O) groups excluding carboxylic acids is 2. The van der Waals surface area contributed by atoms with Crippen LogP contribution in [0.3, 0.4) is 0 Å². The predicted molar refractivity (Wildman–Crippen MR) is 129 cm³/mol. The summed E-state index contributed by atoms with van der Waals surface area (Å²) in [6.45, 7) is 4.52. The van der Waals surface area contributed by atoms with Gasteiger partial charge in [-0.2, -0.15) is 0 Å². The van der Waals surface area contributed by atoms with Crippen molar-refractivity contribution in [2.24, 2.45) is 0 Å². The third kappa shape index (κ3) is 4.46. The highest BCUT2D eigenvalue weighted by molar-refractivity contribution is 6.46. The van der Waals surface area contributed by atoms with E-state index in [1.165, 1.54) is 4.90 Å². The van der Waals surface area contributed by atoms with Crippen molar-refractivity contribution >= 4 is 28.8 Å². The largest absolute Gasteiger partial charge is 0.497 e. The van der Waals surface area contributed by atoms with Gasteiger partial charge < -0.3 is 14.8 Å². The van der Waals surface area contributed by atoms with E-state index in [1.54, 1.807) is 37.4 Å². The number of para-hydroxylation sites is 1. The molecule has 3 aromatic carbocycles. The Morgan fingerprint density at radius 1 is 0.879 bits per heavy atom. The van der Waals surface area contributed by atoms with Crippen LogP contribution in [0.5, 0.6) is 11.5 Å². The van der Waals surface area contributed by atoms with Crippen LogP contribution < -0.4 is 19.7 Å². The van der Waals surface area contributed by atoms with Crippen LogP contribution in [-0.2, 0) is 9.59 Å². The number of ether oxygens (including phenoxy) is 2. The molecule has 0 bridgehead atoms. The predicted octanol–water partition coefficient (Wildman–Crippen LogP) is 5.19. The number of hydrogen-bond acceptors (Lipinski definition) is 5. The number of benzene rings is 3. The van der Waals surface area contributed by atoms with Crippen molar-refractivity contribution in [2.75, 3.05) is 23.9 Å². The molecular formula is C27H26N2O4. The Kier molecular flexibility index (Phi) is 6.45. The Balaban J connectivity index is 1.77. The number of hydrogen-bond donors (Lipinski definition) is 1. The number of amides is 2. The van der Waals surface area contributed by atoms with Gasteiger partial charge in [-0.3, -0.25) is 9.59 Å². The Labute approximate surface area is 193 Å². The third-order valence-corrected chi connectivity index (χ3v) is 5.40. The Morgan fingerprint density at radius 2 is 1.64 bits per heavy atom. The molecule has 6 heteroatoms. The summed E-state index contributed by atoms with van der Waals surface area (Å²) in [6, 6.07) is 21.8. The smallest absolute Gasteiger partial charge is 0.282 e. The van der Waals surface area contributed by atoms with Gasteiger partial charge in [-0.15, -0.1) is 0 Å². The van der Waals surface area contributed by atoms with Gasteiger partial charge in [0.2, 0.25) is 0 Å². The van der Waals surface area contributed by atoms with Crippen LogP contribution >= 0.6 is 0 Å². The zero-order valence-electron chi connectivity index (χ0n) is 18.9. The summed E-state index contributed by atoms with van der Waals surface area (Å²) in [6.07, 6.45) is 0.892. The molecular weight excluding hydrogens is 416 g/mol. The van der Waals surface area contributed by atoms with Crippen LogP contribution in [0.4, 0.5) is 11.4 Å². The van der Waals surface area contributed by atoms with Gasteiger partial charge in [-0.1, -0.05) is 43.3 Å². The zero-order chi connectivity index (χ0) is 23.4. The second kappa shape index (κ2) is 9.61. The first-order valence-electron chi connectivity index (χ1n) is 10.9. The summed E-state index contributed by atoms with van der Waals surface area (Å²) in [5.41, 5.74) is 3.23. The van der Waals surface area contributed by atoms with Crippen molar-refractivity contribution in [1.82, 2.24) is 0 Å². The minimum absolute atomic E-state index is 0.223. The maximum absolute atomic E-state index is 13.6. The fraction of sp³-hybridized carbons (Fsp3) is 0.185. The van der Waals surface area contributed by atoms with E-state index in [4.69, 9.17) is 9.47 Å². The number of imide groups is 1. The standard InChI is InChI=1S/C27H26N2O4/c1-4-16-33-22-10-7-9-20(17-22)28-25-24(19-12-14-21(32-3)15-13-19)26(30)29(27(25)31)23-11-6-5-8-18(23)2/h5-15,17,28H,4,16H2,1-3H3. The molecule has 0 saturated carbocycles. The fourth-order valence-electron chi connectivity index (χ4n) is 3.73. The van der Waals surface area contributed by atoms with Crippen molar-refractivity contribution in [3.05, 3.63) is 89.6 Å². The lowest BCUT2D eigenvalue weighted by Crippen LogP contribution is -2.33. The van der Waals surface area contributed by atoms with Gasteiger partial charge in [-0.05, 0) is 54.8 Å². The lowest BCUT2D eigenvalue weighted by atomic mass is 10.0. The Bertz CT molecular complexity index is 1210. The van der Waals surface area contributed by atoms with Crippen LogP contribution in [0, 0.1) is 6.92 Å². The van der Waals surface area contributed by atoms with Crippen LogP contribution in [0.15, 0.2) is 78.5 Å².